The third kappa shape index (κ3) is 4.36. The molecule has 0 aliphatic heterocycles. The van der Waals surface area contributed by atoms with Crippen molar-refractivity contribution in [1.29, 1.82) is 0 Å². The topological polar surface area (TPSA) is 38.5 Å². The minimum Gasteiger partial charge on any atom is -0.496 e. The predicted octanol–water partition coefficient (Wildman–Crippen LogP) is 2.28. The van der Waals surface area contributed by atoms with Crippen LogP contribution < -0.4 is 10.5 Å². The maximum Gasteiger partial charge on any atom is 0.123 e. The van der Waals surface area contributed by atoms with Crippen LogP contribution in [0.15, 0.2) is 24.3 Å². The van der Waals surface area contributed by atoms with Crippen LogP contribution in [-0.2, 0) is 0 Å². The quantitative estimate of drug-likeness (QED) is 0.823. The Balaban J connectivity index is 2.65. The lowest BCUT2D eigenvalue weighted by molar-refractivity contribution is 0.276. The SMILES string of the molecule is COc1ccccc1C(N)CN(C)CC(C)C. The largest absolute Gasteiger partial charge is 0.496 e. The Labute approximate surface area is 105 Å². The molecule has 0 aliphatic rings. The van der Waals surface area contributed by atoms with Crippen LogP contribution in [0.2, 0.25) is 0 Å². The summed E-state index contributed by atoms with van der Waals surface area (Å²) in [5.74, 6) is 1.53. The van der Waals surface area contributed by atoms with Gasteiger partial charge in [-0.1, -0.05) is 32.0 Å². The van der Waals surface area contributed by atoms with E-state index in [1.165, 1.54) is 0 Å². The summed E-state index contributed by atoms with van der Waals surface area (Å²) < 4.78 is 5.33. The first-order chi connectivity index (χ1) is 8.04. The molecule has 3 heteroatoms. The van der Waals surface area contributed by atoms with Gasteiger partial charge >= 0.3 is 0 Å². The van der Waals surface area contributed by atoms with Gasteiger partial charge in [-0.3, -0.25) is 0 Å². The molecular weight excluding hydrogens is 212 g/mol. The number of nitrogens with two attached hydrogens (primary N) is 1. The second-order valence-corrected chi connectivity index (χ2v) is 4.96. The number of hydrogen-bond donors (Lipinski definition) is 1. The Kier molecular flexibility index (Phi) is 5.45. The van der Waals surface area contributed by atoms with E-state index in [0.717, 1.165) is 24.4 Å². The van der Waals surface area contributed by atoms with Crippen molar-refractivity contribution in [3.63, 3.8) is 0 Å². The van der Waals surface area contributed by atoms with Crippen molar-refractivity contribution in [3.8, 4) is 5.75 Å². The van der Waals surface area contributed by atoms with Gasteiger partial charge in [0.05, 0.1) is 7.11 Å². The highest BCUT2D eigenvalue weighted by Crippen LogP contribution is 2.23. The molecule has 1 aromatic carbocycles. The molecular formula is C14H24N2O. The molecule has 0 fully saturated rings. The summed E-state index contributed by atoms with van der Waals surface area (Å²) in [6.07, 6.45) is 0. The highest BCUT2D eigenvalue weighted by molar-refractivity contribution is 5.35. The van der Waals surface area contributed by atoms with E-state index in [1.54, 1.807) is 7.11 Å². The van der Waals surface area contributed by atoms with Crippen molar-refractivity contribution in [1.82, 2.24) is 4.90 Å². The van der Waals surface area contributed by atoms with E-state index in [2.05, 4.69) is 25.8 Å². The average Bonchev–Trinajstić information content (AvgIpc) is 2.27. The number of hydrogen-bond acceptors (Lipinski definition) is 3. The molecule has 17 heavy (non-hydrogen) atoms. The number of rotatable bonds is 6. The molecule has 0 radical (unpaired) electrons. The number of benzene rings is 1. The van der Waals surface area contributed by atoms with Gasteiger partial charge in [0, 0.05) is 24.7 Å². The fourth-order valence-electron chi connectivity index (χ4n) is 2.10. The first-order valence-corrected chi connectivity index (χ1v) is 6.11. The van der Waals surface area contributed by atoms with Gasteiger partial charge in [0.2, 0.25) is 0 Å². The molecule has 0 aliphatic carbocycles. The summed E-state index contributed by atoms with van der Waals surface area (Å²) in [6, 6.07) is 7.95. The maximum atomic E-state index is 6.23. The van der Waals surface area contributed by atoms with Gasteiger partial charge < -0.3 is 15.4 Å². The van der Waals surface area contributed by atoms with Crippen molar-refractivity contribution in [3.05, 3.63) is 29.8 Å². The fraction of sp³-hybridized carbons (Fsp3) is 0.571. The highest BCUT2D eigenvalue weighted by Gasteiger charge is 2.13. The van der Waals surface area contributed by atoms with Crippen LogP contribution in [0.25, 0.3) is 0 Å². The van der Waals surface area contributed by atoms with E-state index in [0.29, 0.717) is 5.92 Å². The molecule has 96 valence electrons. The van der Waals surface area contributed by atoms with Crippen LogP contribution in [0.1, 0.15) is 25.5 Å². The van der Waals surface area contributed by atoms with E-state index >= 15 is 0 Å². The molecule has 0 heterocycles. The summed E-state index contributed by atoms with van der Waals surface area (Å²) in [6.45, 7) is 6.33. The molecule has 1 rings (SSSR count). The molecule has 0 bridgehead atoms. The van der Waals surface area contributed by atoms with Crippen molar-refractivity contribution >= 4 is 0 Å². The number of likely N-dealkylation sites (N-methyl/N-ethyl adjacent to an activating group) is 1. The number of ether oxygens (including phenoxy) is 1. The minimum absolute atomic E-state index is 0.00472. The molecule has 3 nitrogen and oxygen atoms in total. The van der Waals surface area contributed by atoms with Gasteiger partial charge in [0.15, 0.2) is 0 Å². The average molecular weight is 236 g/mol. The molecule has 1 atom stereocenters. The zero-order chi connectivity index (χ0) is 12.8. The smallest absolute Gasteiger partial charge is 0.123 e. The summed E-state index contributed by atoms with van der Waals surface area (Å²) in [4.78, 5) is 2.27. The fourth-order valence-corrected chi connectivity index (χ4v) is 2.10. The van der Waals surface area contributed by atoms with Gasteiger partial charge in [-0.05, 0) is 19.0 Å². The molecule has 0 saturated carbocycles. The zero-order valence-electron chi connectivity index (χ0n) is 11.3. The van der Waals surface area contributed by atoms with Crippen molar-refractivity contribution in [2.75, 3.05) is 27.2 Å². The third-order valence-corrected chi connectivity index (χ3v) is 2.72. The van der Waals surface area contributed by atoms with E-state index in [-0.39, 0.29) is 6.04 Å². The highest BCUT2D eigenvalue weighted by atomic mass is 16.5. The lowest BCUT2D eigenvalue weighted by Crippen LogP contribution is -2.31. The predicted molar refractivity (Wildman–Crippen MR) is 72.3 cm³/mol. The minimum atomic E-state index is -0.00472. The molecule has 1 unspecified atom stereocenters. The second kappa shape index (κ2) is 6.62. The van der Waals surface area contributed by atoms with Crippen LogP contribution >= 0.6 is 0 Å². The standard InChI is InChI=1S/C14H24N2O/c1-11(2)9-16(3)10-13(15)12-7-5-6-8-14(12)17-4/h5-8,11,13H,9-10,15H2,1-4H3. The van der Waals surface area contributed by atoms with Gasteiger partial charge in [0.25, 0.3) is 0 Å². The van der Waals surface area contributed by atoms with E-state index in [9.17, 15) is 0 Å². The number of methoxy groups -OCH3 is 1. The summed E-state index contributed by atoms with van der Waals surface area (Å²) in [5.41, 5.74) is 7.30. The van der Waals surface area contributed by atoms with Crippen LogP contribution in [-0.4, -0.2) is 32.1 Å². The first kappa shape index (κ1) is 14.0. The van der Waals surface area contributed by atoms with Crippen LogP contribution in [0.5, 0.6) is 5.75 Å². The van der Waals surface area contributed by atoms with Crippen molar-refractivity contribution in [2.45, 2.75) is 19.9 Å². The van der Waals surface area contributed by atoms with Gasteiger partial charge in [-0.15, -0.1) is 0 Å². The second-order valence-electron chi connectivity index (χ2n) is 4.96. The van der Waals surface area contributed by atoms with Gasteiger partial charge in [0.1, 0.15) is 5.75 Å². The van der Waals surface area contributed by atoms with Crippen LogP contribution in [0, 0.1) is 5.92 Å². The molecule has 2 N–H and O–H groups in total. The van der Waals surface area contributed by atoms with Crippen LogP contribution in [0.4, 0.5) is 0 Å². The van der Waals surface area contributed by atoms with E-state index in [4.69, 9.17) is 10.5 Å². The summed E-state index contributed by atoms with van der Waals surface area (Å²) in [7, 11) is 3.79. The Bertz CT molecular complexity index is 339. The molecule has 0 amide bonds. The van der Waals surface area contributed by atoms with Gasteiger partial charge in [-0.25, -0.2) is 0 Å². The molecule has 0 aromatic heterocycles. The Morgan fingerprint density at radius 3 is 2.47 bits per heavy atom. The summed E-state index contributed by atoms with van der Waals surface area (Å²) in [5, 5.41) is 0. The molecule has 0 saturated heterocycles. The summed E-state index contributed by atoms with van der Waals surface area (Å²) >= 11 is 0. The van der Waals surface area contributed by atoms with Crippen molar-refractivity contribution in [2.24, 2.45) is 11.7 Å². The van der Waals surface area contributed by atoms with Gasteiger partial charge in [-0.2, -0.15) is 0 Å². The molecule has 0 spiro atoms. The first-order valence-electron chi connectivity index (χ1n) is 6.11. The van der Waals surface area contributed by atoms with E-state index in [1.807, 2.05) is 24.3 Å². The number of nitrogens with zero attached hydrogens (tertiary/aromatic N) is 1. The zero-order valence-corrected chi connectivity index (χ0v) is 11.3. The monoisotopic (exact) mass is 236 g/mol. The number of para-hydroxylation sites is 1. The normalized spacial score (nSPS) is 13.1. The Morgan fingerprint density at radius 2 is 1.88 bits per heavy atom. The Hall–Kier alpha value is -1.06. The van der Waals surface area contributed by atoms with E-state index < -0.39 is 0 Å². The lowest BCUT2D eigenvalue weighted by Gasteiger charge is -2.24. The maximum absolute atomic E-state index is 6.23. The third-order valence-electron chi connectivity index (χ3n) is 2.72. The van der Waals surface area contributed by atoms with Crippen LogP contribution in [0.3, 0.4) is 0 Å². The lowest BCUT2D eigenvalue weighted by atomic mass is 10.1. The molecule has 1 aromatic rings. The Morgan fingerprint density at radius 1 is 1.24 bits per heavy atom. The van der Waals surface area contributed by atoms with Crippen molar-refractivity contribution < 1.29 is 4.74 Å².